The SMILES string of the molecule is COC(C)c1noc(C2CCCCC2O)n1. The van der Waals surface area contributed by atoms with Crippen LogP contribution in [0.4, 0.5) is 0 Å². The second kappa shape index (κ2) is 4.93. The molecule has 90 valence electrons. The molecule has 1 aliphatic carbocycles. The Balaban J connectivity index is 2.11. The first-order chi connectivity index (χ1) is 7.72. The highest BCUT2D eigenvalue weighted by Crippen LogP contribution is 2.32. The van der Waals surface area contributed by atoms with E-state index in [0.717, 1.165) is 25.7 Å². The van der Waals surface area contributed by atoms with Crippen molar-refractivity contribution in [2.24, 2.45) is 0 Å². The van der Waals surface area contributed by atoms with E-state index in [2.05, 4.69) is 10.1 Å². The molecule has 1 N–H and O–H groups in total. The number of aliphatic hydroxyl groups is 1. The van der Waals surface area contributed by atoms with E-state index in [0.29, 0.717) is 11.7 Å². The van der Waals surface area contributed by atoms with E-state index in [1.165, 1.54) is 0 Å². The Bertz CT molecular complexity index is 340. The maximum atomic E-state index is 9.87. The smallest absolute Gasteiger partial charge is 0.232 e. The highest BCUT2D eigenvalue weighted by atomic mass is 16.5. The number of nitrogens with zero attached hydrogens (tertiary/aromatic N) is 2. The Kier molecular flexibility index (Phi) is 3.56. The minimum Gasteiger partial charge on any atom is -0.392 e. The molecule has 0 aliphatic heterocycles. The quantitative estimate of drug-likeness (QED) is 0.851. The molecular formula is C11H18N2O3. The Hall–Kier alpha value is -0.940. The van der Waals surface area contributed by atoms with Gasteiger partial charge in [0.05, 0.1) is 12.0 Å². The van der Waals surface area contributed by atoms with Gasteiger partial charge < -0.3 is 14.4 Å². The molecule has 3 atom stereocenters. The van der Waals surface area contributed by atoms with Gasteiger partial charge in [0.25, 0.3) is 0 Å². The van der Waals surface area contributed by atoms with Gasteiger partial charge in [-0.15, -0.1) is 0 Å². The largest absolute Gasteiger partial charge is 0.392 e. The van der Waals surface area contributed by atoms with Crippen molar-refractivity contribution in [3.63, 3.8) is 0 Å². The van der Waals surface area contributed by atoms with Crippen LogP contribution in [0.25, 0.3) is 0 Å². The molecule has 0 radical (unpaired) electrons. The summed E-state index contributed by atoms with van der Waals surface area (Å²) in [5.74, 6) is 1.10. The van der Waals surface area contributed by atoms with Crippen LogP contribution < -0.4 is 0 Å². The van der Waals surface area contributed by atoms with Crippen LogP contribution in [0, 0.1) is 0 Å². The third-order valence-electron chi connectivity index (χ3n) is 3.22. The van der Waals surface area contributed by atoms with Crippen LogP contribution in [0.5, 0.6) is 0 Å². The van der Waals surface area contributed by atoms with Crippen molar-refractivity contribution in [2.75, 3.05) is 7.11 Å². The monoisotopic (exact) mass is 226 g/mol. The Morgan fingerprint density at radius 2 is 2.19 bits per heavy atom. The van der Waals surface area contributed by atoms with Gasteiger partial charge in [0.2, 0.25) is 5.89 Å². The lowest BCUT2D eigenvalue weighted by atomic mass is 9.86. The van der Waals surface area contributed by atoms with Gasteiger partial charge >= 0.3 is 0 Å². The molecule has 1 heterocycles. The molecule has 1 fully saturated rings. The van der Waals surface area contributed by atoms with Crippen LogP contribution in [-0.2, 0) is 4.74 Å². The Morgan fingerprint density at radius 3 is 2.88 bits per heavy atom. The minimum atomic E-state index is -0.347. The summed E-state index contributed by atoms with van der Waals surface area (Å²) < 4.78 is 10.3. The second-order valence-corrected chi connectivity index (χ2v) is 4.33. The zero-order valence-electron chi connectivity index (χ0n) is 9.72. The Labute approximate surface area is 94.8 Å². The normalized spacial score (nSPS) is 27.9. The molecule has 0 spiro atoms. The zero-order chi connectivity index (χ0) is 11.5. The van der Waals surface area contributed by atoms with Crippen molar-refractivity contribution in [1.29, 1.82) is 0 Å². The first-order valence-electron chi connectivity index (χ1n) is 5.76. The predicted molar refractivity (Wildman–Crippen MR) is 56.9 cm³/mol. The Morgan fingerprint density at radius 1 is 1.44 bits per heavy atom. The standard InChI is InChI=1S/C11H18N2O3/c1-7(15-2)10-12-11(16-13-10)8-5-3-4-6-9(8)14/h7-9,14H,3-6H2,1-2H3. The van der Waals surface area contributed by atoms with Gasteiger partial charge in [-0.2, -0.15) is 4.98 Å². The summed E-state index contributed by atoms with van der Waals surface area (Å²) in [6, 6.07) is 0. The second-order valence-electron chi connectivity index (χ2n) is 4.33. The average Bonchev–Trinajstić information content (AvgIpc) is 2.78. The van der Waals surface area contributed by atoms with Gasteiger partial charge in [0.1, 0.15) is 6.10 Å². The van der Waals surface area contributed by atoms with Crippen molar-refractivity contribution in [3.05, 3.63) is 11.7 Å². The van der Waals surface area contributed by atoms with Crippen molar-refractivity contribution < 1.29 is 14.4 Å². The molecule has 0 amide bonds. The molecule has 5 heteroatoms. The van der Waals surface area contributed by atoms with Crippen molar-refractivity contribution in [3.8, 4) is 0 Å². The molecule has 1 aromatic rings. The molecule has 0 saturated heterocycles. The summed E-state index contributed by atoms with van der Waals surface area (Å²) in [6.07, 6.45) is 3.41. The number of ether oxygens (including phenoxy) is 1. The number of aromatic nitrogens is 2. The first-order valence-corrected chi connectivity index (χ1v) is 5.76. The molecule has 3 unspecified atom stereocenters. The van der Waals surface area contributed by atoms with E-state index >= 15 is 0 Å². The summed E-state index contributed by atoms with van der Waals surface area (Å²) in [7, 11) is 1.61. The van der Waals surface area contributed by atoms with E-state index in [-0.39, 0.29) is 18.1 Å². The molecule has 1 aliphatic rings. The van der Waals surface area contributed by atoms with Crippen LogP contribution in [0.2, 0.25) is 0 Å². The minimum absolute atomic E-state index is 0.000874. The number of methoxy groups -OCH3 is 1. The molecule has 0 aromatic carbocycles. The third kappa shape index (κ3) is 2.25. The fourth-order valence-corrected chi connectivity index (χ4v) is 2.07. The highest BCUT2D eigenvalue weighted by molar-refractivity contribution is 5.00. The maximum Gasteiger partial charge on any atom is 0.232 e. The number of hydrogen-bond acceptors (Lipinski definition) is 5. The first kappa shape index (κ1) is 11.5. The van der Waals surface area contributed by atoms with Gasteiger partial charge in [-0.3, -0.25) is 0 Å². The molecule has 0 bridgehead atoms. The maximum absolute atomic E-state index is 9.87. The van der Waals surface area contributed by atoms with Gasteiger partial charge in [-0.05, 0) is 19.8 Å². The van der Waals surface area contributed by atoms with Crippen LogP contribution in [0.3, 0.4) is 0 Å². The molecule has 5 nitrogen and oxygen atoms in total. The fraction of sp³-hybridized carbons (Fsp3) is 0.818. The predicted octanol–water partition coefficient (Wildman–Crippen LogP) is 1.80. The highest BCUT2D eigenvalue weighted by Gasteiger charge is 2.29. The van der Waals surface area contributed by atoms with E-state index in [9.17, 15) is 5.11 Å². The molecule has 1 aromatic heterocycles. The van der Waals surface area contributed by atoms with Crippen LogP contribution in [0.1, 0.15) is 56.3 Å². The summed E-state index contributed by atoms with van der Waals surface area (Å²) >= 11 is 0. The van der Waals surface area contributed by atoms with Crippen LogP contribution in [0.15, 0.2) is 4.52 Å². The summed E-state index contributed by atoms with van der Waals surface area (Å²) in [5.41, 5.74) is 0. The fourth-order valence-electron chi connectivity index (χ4n) is 2.07. The lowest BCUT2D eigenvalue weighted by molar-refractivity contribution is 0.0906. The average molecular weight is 226 g/mol. The summed E-state index contributed by atoms with van der Waals surface area (Å²) in [6.45, 7) is 1.87. The lowest BCUT2D eigenvalue weighted by Gasteiger charge is -2.24. The summed E-state index contributed by atoms with van der Waals surface area (Å²) in [5, 5.41) is 13.7. The van der Waals surface area contributed by atoms with E-state index in [1.54, 1.807) is 7.11 Å². The van der Waals surface area contributed by atoms with Gasteiger partial charge in [0, 0.05) is 7.11 Å². The third-order valence-corrected chi connectivity index (χ3v) is 3.22. The number of rotatable bonds is 3. The topological polar surface area (TPSA) is 68.4 Å². The van der Waals surface area contributed by atoms with E-state index < -0.39 is 0 Å². The molecule has 1 saturated carbocycles. The number of aliphatic hydroxyl groups excluding tert-OH is 1. The molecule has 2 rings (SSSR count). The molecular weight excluding hydrogens is 208 g/mol. The zero-order valence-corrected chi connectivity index (χ0v) is 9.72. The molecule has 16 heavy (non-hydrogen) atoms. The number of hydrogen-bond donors (Lipinski definition) is 1. The van der Waals surface area contributed by atoms with Gasteiger partial charge in [0.15, 0.2) is 5.82 Å². The van der Waals surface area contributed by atoms with Crippen molar-refractivity contribution in [2.45, 2.75) is 50.7 Å². The van der Waals surface area contributed by atoms with Crippen LogP contribution >= 0.6 is 0 Å². The van der Waals surface area contributed by atoms with Gasteiger partial charge in [-0.25, -0.2) is 0 Å². The summed E-state index contributed by atoms with van der Waals surface area (Å²) in [4.78, 5) is 4.29. The lowest BCUT2D eigenvalue weighted by Crippen LogP contribution is -2.22. The van der Waals surface area contributed by atoms with Crippen molar-refractivity contribution >= 4 is 0 Å². The van der Waals surface area contributed by atoms with E-state index in [1.807, 2.05) is 6.92 Å². The van der Waals surface area contributed by atoms with Gasteiger partial charge in [-0.1, -0.05) is 18.0 Å². The van der Waals surface area contributed by atoms with Crippen molar-refractivity contribution in [1.82, 2.24) is 10.1 Å². The van der Waals surface area contributed by atoms with Crippen LogP contribution in [-0.4, -0.2) is 28.5 Å². The van der Waals surface area contributed by atoms with E-state index in [4.69, 9.17) is 9.26 Å².